The van der Waals surface area contributed by atoms with Crippen LogP contribution in [0.5, 0.6) is 0 Å². The van der Waals surface area contributed by atoms with E-state index in [0.717, 1.165) is 25.9 Å². The number of hydrogen-bond acceptors (Lipinski definition) is 2. The van der Waals surface area contributed by atoms with Crippen molar-refractivity contribution >= 4 is 51.4 Å². The van der Waals surface area contributed by atoms with Gasteiger partial charge in [0.1, 0.15) is 0 Å². The number of rotatable bonds is 3. The van der Waals surface area contributed by atoms with Gasteiger partial charge in [-0.2, -0.15) is 12.8 Å². The molecule has 0 aliphatic carbocycles. The maximum atomic E-state index is 10.7. The number of carbonyl (C=O) groups excluding carboxylic acids is 1. The Bertz CT molecular complexity index is 189. The van der Waals surface area contributed by atoms with E-state index in [1.165, 1.54) is 12.8 Å². The molecule has 1 heterocycles. The van der Waals surface area contributed by atoms with Crippen LogP contribution in [0.4, 0.5) is 0 Å². The van der Waals surface area contributed by atoms with Crippen LogP contribution in [0.1, 0.15) is 33.6 Å². The average Bonchev–Trinajstić information content (AvgIpc) is 2.15. The molecule has 1 aliphatic rings. The van der Waals surface area contributed by atoms with Gasteiger partial charge >= 0.3 is 45.5 Å². The average molecular weight is 284 g/mol. The Balaban J connectivity index is 0.00000196. The second-order valence-corrected chi connectivity index (χ2v) is 4.21. The minimum Gasteiger partial charge on any atom is -0.678 e. The molecule has 0 atom stereocenters. The van der Waals surface area contributed by atoms with Crippen LogP contribution in [0.3, 0.4) is 0 Å². The van der Waals surface area contributed by atoms with Gasteiger partial charge in [0, 0.05) is 11.9 Å². The number of likely N-dealkylation sites (tertiary alicyclic amines) is 1. The molecule has 4 heteroatoms. The number of hydrogen-bond donors (Lipinski definition) is 0. The van der Waals surface area contributed by atoms with Gasteiger partial charge < -0.3 is 20.9 Å². The summed E-state index contributed by atoms with van der Waals surface area (Å²) in [7, 11) is 0. The molecular formula is C11H20N2OSr. The summed E-state index contributed by atoms with van der Waals surface area (Å²) in [6.07, 6.45) is 2.21. The molecule has 0 aromatic carbocycles. The van der Waals surface area contributed by atoms with Crippen molar-refractivity contribution in [3.63, 3.8) is 0 Å². The molecule has 1 rings (SSSR count). The summed E-state index contributed by atoms with van der Waals surface area (Å²) in [5, 5.41) is 3.92. The minimum atomic E-state index is -0.0520. The molecule has 3 nitrogen and oxygen atoms in total. The number of amides is 1. The predicted molar refractivity (Wildman–Crippen MR) is 63.8 cm³/mol. The van der Waals surface area contributed by atoms with E-state index in [2.05, 4.69) is 24.1 Å². The first-order chi connectivity index (χ1) is 6.59. The van der Waals surface area contributed by atoms with Gasteiger partial charge in [0.2, 0.25) is 0 Å². The molecule has 82 valence electrons. The van der Waals surface area contributed by atoms with Gasteiger partial charge in [0.25, 0.3) is 0 Å². The van der Waals surface area contributed by atoms with E-state index in [1.54, 1.807) is 0 Å². The number of piperidine rings is 1. The van der Waals surface area contributed by atoms with E-state index in [0.29, 0.717) is 12.6 Å². The van der Waals surface area contributed by atoms with Crippen LogP contribution in [0, 0.1) is 5.92 Å². The van der Waals surface area contributed by atoms with Gasteiger partial charge in [-0.05, 0) is 33.9 Å². The van der Waals surface area contributed by atoms with Crippen LogP contribution in [-0.4, -0.2) is 82.0 Å². The summed E-state index contributed by atoms with van der Waals surface area (Å²) >= 11 is 0. The first-order valence-corrected chi connectivity index (χ1v) is 5.35. The third kappa shape index (κ3) is 6.27. The molecule has 1 amide bonds. The summed E-state index contributed by atoms with van der Waals surface area (Å²) in [5.74, 6) is 1.38. The summed E-state index contributed by atoms with van der Waals surface area (Å²) in [4.78, 5) is 13.1. The van der Waals surface area contributed by atoms with E-state index in [-0.39, 0.29) is 51.4 Å². The van der Waals surface area contributed by atoms with Gasteiger partial charge in [-0.15, -0.1) is 0 Å². The third-order valence-corrected chi connectivity index (χ3v) is 2.76. The molecule has 0 spiro atoms. The van der Waals surface area contributed by atoms with Gasteiger partial charge in [-0.1, -0.05) is 0 Å². The fraction of sp³-hybridized carbons (Fsp3) is 0.818. The molecule has 0 radical (unpaired) electrons. The summed E-state index contributed by atoms with van der Waals surface area (Å²) in [5.41, 5.74) is 0. The molecule has 1 aliphatic heterocycles. The van der Waals surface area contributed by atoms with Crippen LogP contribution in [0.2, 0.25) is 0 Å². The molecule has 1 fully saturated rings. The zero-order chi connectivity index (χ0) is 10.6. The zero-order valence-corrected chi connectivity index (χ0v) is 13.6. The van der Waals surface area contributed by atoms with Crippen molar-refractivity contribution in [2.45, 2.75) is 39.7 Å². The molecule has 0 unspecified atom stereocenters. The van der Waals surface area contributed by atoms with Crippen LogP contribution in [0.25, 0.3) is 5.32 Å². The maximum absolute atomic E-state index is 10.7. The summed E-state index contributed by atoms with van der Waals surface area (Å²) < 4.78 is 0. The molecule has 0 N–H and O–H groups in total. The number of carbonyl (C=O) groups is 1. The third-order valence-electron chi connectivity index (χ3n) is 2.76. The molecule has 0 saturated carbocycles. The van der Waals surface area contributed by atoms with Crippen LogP contribution in [0.15, 0.2) is 0 Å². The SMILES string of the molecule is CC(=O)[N-]C[C-]1CCN(C(C)C)CC1.[Sr+2]. The monoisotopic (exact) mass is 284 g/mol. The van der Waals surface area contributed by atoms with Crippen LogP contribution < -0.4 is 0 Å². The fourth-order valence-electron chi connectivity index (χ4n) is 1.74. The van der Waals surface area contributed by atoms with E-state index < -0.39 is 0 Å². The molecule has 15 heavy (non-hydrogen) atoms. The minimum absolute atomic E-state index is 0. The Hall–Kier alpha value is 0.911. The van der Waals surface area contributed by atoms with Crippen molar-refractivity contribution in [3.05, 3.63) is 11.2 Å². The molecule has 0 aromatic heterocycles. The Labute approximate surface area is 130 Å². The largest absolute Gasteiger partial charge is 2.00 e. The van der Waals surface area contributed by atoms with Crippen LogP contribution >= 0.6 is 0 Å². The van der Waals surface area contributed by atoms with Crippen molar-refractivity contribution in [2.24, 2.45) is 0 Å². The first kappa shape index (κ1) is 15.9. The van der Waals surface area contributed by atoms with Crippen molar-refractivity contribution in [1.29, 1.82) is 0 Å². The topological polar surface area (TPSA) is 34.4 Å². The van der Waals surface area contributed by atoms with Crippen molar-refractivity contribution in [1.82, 2.24) is 4.90 Å². The van der Waals surface area contributed by atoms with Crippen molar-refractivity contribution < 1.29 is 4.79 Å². The smallest absolute Gasteiger partial charge is 0.678 e. The Kier molecular flexibility index (Phi) is 8.56. The predicted octanol–water partition coefficient (Wildman–Crippen LogP) is 1.60. The maximum Gasteiger partial charge on any atom is 2.00 e. The molecule has 0 bridgehead atoms. The van der Waals surface area contributed by atoms with E-state index in [4.69, 9.17) is 0 Å². The second kappa shape index (κ2) is 8.07. The van der Waals surface area contributed by atoms with E-state index in [9.17, 15) is 4.79 Å². The first-order valence-electron chi connectivity index (χ1n) is 5.35. The van der Waals surface area contributed by atoms with Gasteiger partial charge in [-0.25, -0.2) is 0 Å². The van der Waals surface area contributed by atoms with Crippen LogP contribution in [-0.2, 0) is 4.79 Å². The van der Waals surface area contributed by atoms with Crippen molar-refractivity contribution in [2.75, 3.05) is 19.6 Å². The molecular weight excluding hydrogens is 264 g/mol. The quantitative estimate of drug-likeness (QED) is 0.583. The standard InChI is InChI=1S/C11H21N2O.Sr/c1-9(2)13-6-4-11(5-7-13)8-12-10(3)14;/h9H,4-8H2,1-3H3,(H,12,14);/q-1;+2/p-1. The van der Waals surface area contributed by atoms with Crippen molar-refractivity contribution in [3.8, 4) is 0 Å². The second-order valence-electron chi connectivity index (χ2n) is 4.21. The van der Waals surface area contributed by atoms with Gasteiger partial charge in [0.15, 0.2) is 0 Å². The Morgan fingerprint density at radius 1 is 1.40 bits per heavy atom. The molecule has 0 aromatic rings. The fourth-order valence-corrected chi connectivity index (χ4v) is 1.74. The van der Waals surface area contributed by atoms with Gasteiger partial charge in [-0.3, -0.25) is 6.54 Å². The normalized spacial score (nSPS) is 18.7. The summed E-state index contributed by atoms with van der Waals surface area (Å²) in [6, 6.07) is 0.640. The molecule has 1 saturated heterocycles. The van der Waals surface area contributed by atoms with E-state index in [1.807, 2.05) is 0 Å². The summed E-state index contributed by atoms with van der Waals surface area (Å²) in [6.45, 7) is 8.88. The zero-order valence-electron chi connectivity index (χ0n) is 10.1. The van der Waals surface area contributed by atoms with E-state index >= 15 is 0 Å². The Morgan fingerprint density at radius 2 is 1.93 bits per heavy atom. The Morgan fingerprint density at radius 3 is 2.33 bits per heavy atom. The van der Waals surface area contributed by atoms with Gasteiger partial charge in [0.05, 0.1) is 0 Å². The number of nitrogens with zero attached hydrogens (tertiary/aromatic N) is 2.